The maximum Gasteiger partial charge on any atom is 0.270 e. The van der Waals surface area contributed by atoms with Crippen LogP contribution in [0.15, 0.2) is 88.3 Å². The van der Waals surface area contributed by atoms with E-state index in [-0.39, 0.29) is 29.8 Å². The van der Waals surface area contributed by atoms with E-state index in [0.717, 1.165) is 11.1 Å². The first kappa shape index (κ1) is 21.0. The van der Waals surface area contributed by atoms with Crippen LogP contribution in [0.2, 0.25) is 0 Å². The Bertz CT molecular complexity index is 1360. The van der Waals surface area contributed by atoms with Crippen molar-refractivity contribution in [1.82, 2.24) is 4.90 Å². The van der Waals surface area contributed by atoms with Crippen LogP contribution < -0.4 is 5.43 Å². The van der Waals surface area contributed by atoms with E-state index in [1.807, 2.05) is 43.3 Å². The lowest BCUT2D eigenvalue weighted by atomic mass is 10.1. The van der Waals surface area contributed by atoms with Crippen molar-refractivity contribution < 1.29 is 14.1 Å². The van der Waals surface area contributed by atoms with E-state index in [9.17, 15) is 19.7 Å². The first-order valence-corrected chi connectivity index (χ1v) is 10.0. The summed E-state index contributed by atoms with van der Waals surface area (Å²) < 4.78 is 5.64. The minimum atomic E-state index is -0.543. The van der Waals surface area contributed by atoms with Crippen molar-refractivity contribution in [2.24, 2.45) is 0 Å². The molecule has 3 aromatic carbocycles. The summed E-state index contributed by atoms with van der Waals surface area (Å²) in [5.41, 5.74) is 2.40. The zero-order valence-corrected chi connectivity index (χ0v) is 17.4. The van der Waals surface area contributed by atoms with Crippen LogP contribution >= 0.6 is 0 Å². The van der Waals surface area contributed by atoms with E-state index in [0.29, 0.717) is 16.5 Å². The Balaban J connectivity index is 1.73. The number of amides is 1. The Morgan fingerprint density at radius 1 is 1.00 bits per heavy atom. The molecule has 1 amide bonds. The van der Waals surface area contributed by atoms with Crippen LogP contribution in [-0.2, 0) is 13.1 Å². The number of nitro groups is 1. The molecule has 0 saturated carbocycles. The van der Waals surface area contributed by atoms with Crippen molar-refractivity contribution in [3.63, 3.8) is 0 Å². The second kappa shape index (κ2) is 8.85. The second-order valence-corrected chi connectivity index (χ2v) is 7.54. The van der Waals surface area contributed by atoms with Gasteiger partial charge in [0.05, 0.1) is 28.7 Å². The van der Waals surface area contributed by atoms with Crippen molar-refractivity contribution in [1.29, 1.82) is 0 Å². The molecule has 0 fully saturated rings. The summed E-state index contributed by atoms with van der Waals surface area (Å²) in [6, 6.07) is 20.3. The molecule has 0 spiro atoms. The van der Waals surface area contributed by atoms with E-state index >= 15 is 0 Å². The van der Waals surface area contributed by atoms with E-state index in [4.69, 9.17) is 4.42 Å². The van der Waals surface area contributed by atoms with Crippen molar-refractivity contribution >= 4 is 22.6 Å². The minimum Gasteiger partial charge on any atom is -0.464 e. The zero-order valence-electron chi connectivity index (χ0n) is 17.4. The highest BCUT2D eigenvalue weighted by molar-refractivity contribution is 5.94. The maximum atomic E-state index is 13.3. The molecule has 0 N–H and O–H groups in total. The third-order valence-electron chi connectivity index (χ3n) is 5.17. The third-order valence-corrected chi connectivity index (χ3v) is 5.17. The van der Waals surface area contributed by atoms with Gasteiger partial charge in [-0.15, -0.1) is 0 Å². The number of benzene rings is 3. The molecule has 0 aliphatic carbocycles. The molecule has 160 valence electrons. The zero-order chi connectivity index (χ0) is 22.7. The van der Waals surface area contributed by atoms with E-state index in [1.54, 1.807) is 12.1 Å². The fourth-order valence-corrected chi connectivity index (χ4v) is 3.54. The number of nitrogens with zero attached hydrogens (tertiary/aromatic N) is 2. The molecule has 4 rings (SSSR count). The van der Waals surface area contributed by atoms with Gasteiger partial charge in [0.1, 0.15) is 5.58 Å². The molecule has 7 nitrogen and oxygen atoms in total. The predicted octanol–water partition coefficient (Wildman–Crippen LogP) is 4.85. The van der Waals surface area contributed by atoms with Gasteiger partial charge in [0.15, 0.2) is 5.43 Å². The summed E-state index contributed by atoms with van der Waals surface area (Å²) in [5, 5.41) is 11.6. The normalized spacial score (nSPS) is 10.8. The van der Waals surface area contributed by atoms with Gasteiger partial charge >= 0.3 is 0 Å². The molecule has 1 aromatic heterocycles. The van der Waals surface area contributed by atoms with Crippen LogP contribution in [0, 0.1) is 17.0 Å². The number of rotatable bonds is 6. The van der Waals surface area contributed by atoms with Crippen LogP contribution in [0.1, 0.15) is 27.0 Å². The van der Waals surface area contributed by atoms with Crippen molar-refractivity contribution in [2.45, 2.75) is 20.0 Å². The lowest BCUT2D eigenvalue weighted by Crippen LogP contribution is -2.32. The fourth-order valence-electron chi connectivity index (χ4n) is 3.54. The number of nitro benzene ring substituents is 1. The van der Waals surface area contributed by atoms with Gasteiger partial charge in [-0.1, -0.05) is 48.0 Å². The largest absolute Gasteiger partial charge is 0.464 e. The molecule has 0 aliphatic rings. The first-order chi connectivity index (χ1) is 15.4. The number of hydrogen-bond donors (Lipinski definition) is 0. The Kier molecular flexibility index (Phi) is 5.81. The molecule has 0 saturated heterocycles. The van der Waals surface area contributed by atoms with E-state index < -0.39 is 10.8 Å². The maximum absolute atomic E-state index is 13.3. The number of aryl methyl sites for hydroxylation is 1. The summed E-state index contributed by atoms with van der Waals surface area (Å²) in [5.74, 6) is -0.415. The molecule has 0 radical (unpaired) electrons. The summed E-state index contributed by atoms with van der Waals surface area (Å²) in [7, 11) is 0. The predicted molar refractivity (Wildman–Crippen MR) is 120 cm³/mol. The molecular weight excluding hydrogens is 408 g/mol. The standard InChI is InChI=1S/C25H20N2O5/c1-17-10-11-23-22(12-17)24(28)20(16-32-23)15-26(14-18-6-3-2-4-7-18)25(29)19-8-5-9-21(13-19)27(30)31/h2-13,16H,14-15H2,1H3. The van der Waals surface area contributed by atoms with E-state index in [2.05, 4.69) is 0 Å². The average molecular weight is 428 g/mol. The van der Waals surface area contributed by atoms with Gasteiger partial charge in [-0.05, 0) is 30.7 Å². The summed E-state index contributed by atoms with van der Waals surface area (Å²) in [6.45, 7) is 2.12. The molecule has 1 heterocycles. The van der Waals surface area contributed by atoms with Crippen LogP contribution in [0.25, 0.3) is 11.0 Å². The number of carbonyl (C=O) groups excluding carboxylic acids is 1. The Hall–Kier alpha value is -4.26. The van der Waals surface area contributed by atoms with Gasteiger partial charge in [0.2, 0.25) is 0 Å². The van der Waals surface area contributed by atoms with Crippen LogP contribution in [0.4, 0.5) is 5.69 Å². The molecule has 0 aliphatic heterocycles. The molecular formula is C25H20N2O5. The third kappa shape index (κ3) is 4.41. The van der Waals surface area contributed by atoms with Gasteiger partial charge in [-0.25, -0.2) is 0 Å². The summed E-state index contributed by atoms with van der Waals surface area (Å²) >= 11 is 0. The fraction of sp³-hybridized carbons (Fsp3) is 0.120. The average Bonchev–Trinajstić information content (AvgIpc) is 2.81. The molecule has 32 heavy (non-hydrogen) atoms. The van der Waals surface area contributed by atoms with Crippen molar-refractivity contribution in [3.8, 4) is 0 Å². The number of fused-ring (bicyclic) bond motifs is 1. The van der Waals surface area contributed by atoms with Crippen molar-refractivity contribution in [3.05, 3.63) is 122 Å². The molecule has 7 heteroatoms. The SMILES string of the molecule is Cc1ccc2occ(CN(Cc3ccccc3)C(=O)c3cccc([N+](=O)[O-])c3)c(=O)c2c1. The van der Waals surface area contributed by atoms with Gasteiger partial charge in [-0.3, -0.25) is 19.7 Å². The topological polar surface area (TPSA) is 93.7 Å². The van der Waals surface area contributed by atoms with Gasteiger partial charge < -0.3 is 9.32 Å². The molecule has 0 unspecified atom stereocenters. The lowest BCUT2D eigenvalue weighted by Gasteiger charge is -2.23. The molecule has 0 atom stereocenters. The lowest BCUT2D eigenvalue weighted by molar-refractivity contribution is -0.384. The number of carbonyl (C=O) groups is 1. The Labute approximate surface area is 183 Å². The highest BCUT2D eigenvalue weighted by Crippen LogP contribution is 2.19. The van der Waals surface area contributed by atoms with Gasteiger partial charge in [0, 0.05) is 24.2 Å². The molecule has 0 bridgehead atoms. The highest BCUT2D eigenvalue weighted by Gasteiger charge is 2.21. The van der Waals surface area contributed by atoms with Crippen LogP contribution in [0.5, 0.6) is 0 Å². The summed E-state index contributed by atoms with van der Waals surface area (Å²) in [6.07, 6.45) is 1.37. The van der Waals surface area contributed by atoms with Gasteiger partial charge in [0.25, 0.3) is 11.6 Å². The van der Waals surface area contributed by atoms with Crippen molar-refractivity contribution in [2.75, 3.05) is 0 Å². The van der Waals surface area contributed by atoms with E-state index in [1.165, 1.54) is 35.4 Å². The second-order valence-electron chi connectivity index (χ2n) is 7.54. The van der Waals surface area contributed by atoms with Crippen LogP contribution in [-0.4, -0.2) is 15.7 Å². The minimum absolute atomic E-state index is 0.00261. The first-order valence-electron chi connectivity index (χ1n) is 10.0. The smallest absolute Gasteiger partial charge is 0.270 e. The Morgan fingerprint density at radius 3 is 2.53 bits per heavy atom. The Morgan fingerprint density at radius 2 is 1.78 bits per heavy atom. The number of hydrogen-bond acceptors (Lipinski definition) is 5. The van der Waals surface area contributed by atoms with Crippen LogP contribution in [0.3, 0.4) is 0 Å². The number of non-ortho nitro benzene ring substituents is 1. The van der Waals surface area contributed by atoms with Gasteiger partial charge in [-0.2, -0.15) is 0 Å². The quantitative estimate of drug-likeness (QED) is 0.323. The highest BCUT2D eigenvalue weighted by atomic mass is 16.6. The monoisotopic (exact) mass is 428 g/mol. The summed E-state index contributed by atoms with van der Waals surface area (Å²) in [4.78, 5) is 38.5. The molecule has 4 aromatic rings.